The number of para-hydroxylation sites is 1. The number of fused-ring (bicyclic) bond motifs is 3. The molecule has 0 fully saturated rings. The number of hydrogen-bond donors (Lipinski definition) is 0. The van der Waals surface area contributed by atoms with Crippen molar-refractivity contribution >= 4 is 44.2 Å². The van der Waals surface area contributed by atoms with Gasteiger partial charge in [0.25, 0.3) is 11.1 Å². The van der Waals surface area contributed by atoms with E-state index in [1.807, 2.05) is 122 Å². The topological polar surface area (TPSA) is 88.2 Å². The van der Waals surface area contributed by atoms with Gasteiger partial charge in [-0.1, -0.05) is 128 Å². The maximum atomic E-state index is 13.2. The smallest absolute Gasteiger partial charge is 0.294 e. The number of aromatic nitrogens is 4. The van der Waals surface area contributed by atoms with Crippen molar-refractivity contribution in [1.29, 1.82) is 0 Å². The number of halogens is 1. The van der Waals surface area contributed by atoms with Crippen molar-refractivity contribution in [2.75, 3.05) is 6.61 Å². The van der Waals surface area contributed by atoms with Crippen LogP contribution in [-0.2, 0) is 6.61 Å². The molecule has 0 aliphatic heterocycles. The van der Waals surface area contributed by atoms with E-state index in [4.69, 9.17) is 26.3 Å². The summed E-state index contributed by atoms with van der Waals surface area (Å²) in [5, 5.41) is 3.79. The van der Waals surface area contributed by atoms with Gasteiger partial charge in [0.2, 0.25) is 0 Å². The van der Waals surface area contributed by atoms with E-state index in [-0.39, 0.29) is 17.7 Å². The van der Waals surface area contributed by atoms with Gasteiger partial charge >= 0.3 is 0 Å². The van der Waals surface area contributed by atoms with E-state index in [0.29, 0.717) is 45.1 Å². The Balaban J connectivity index is 0.000000166. The van der Waals surface area contributed by atoms with Gasteiger partial charge in [0.05, 0.1) is 21.8 Å². The summed E-state index contributed by atoms with van der Waals surface area (Å²) in [4.78, 5) is 46.8. The summed E-state index contributed by atoms with van der Waals surface area (Å²) in [5.74, 6) is 0.976. The summed E-state index contributed by atoms with van der Waals surface area (Å²) in [6, 6.07) is 45.8. The minimum atomic E-state index is -0.228. The van der Waals surface area contributed by atoms with Crippen LogP contribution in [0.4, 0.5) is 0 Å². The summed E-state index contributed by atoms with van der Waals surface area (Å²) in [6.45, 7) is 2.71. The second-order valence-corrected chi connectivity index (χ2v) is 12.2. The second kappa shape index (κ2) is 15.1. The van der Waals surface area contributed by atoms with Crippen LogP contribution in [0.5, 0.6) is 0 Å². The summed E-state index contributed by atoms with van der Waals surface area (Å²) in [6.07, 6.45) is 0.805. The fraction of sp³-hybridized carbons (Fsp3) is 0.0952. The van der Waals surface area contributed by atoms with Crippen molar-refractivity contribution in [2.45, 2.75) is 20.0 Å². The maximum absolute atomic E-state index is 13.2. The SMILES string of the molecule is CCCOn1c(-c2ccccc2)nc2cc(Cl)ccc2c1=O.O=c1c2ccccc2nc(-c2ccc3ccccc3c2)n1OCc1ccccc1. The Labute approximate surface area is 298 Å². The lowest BCUT2D eigenvalue weighted by atomic mass is 10.1. The van der Waals surface area contributed by atoms with Crippen molar-refractivity contribution < 1.29 is 9.68 Å². The number of nitrogens with zero attached hydrogens (tertiary/aromatic N) is 4. The minimum absolute atomic E-state index is 0.213. The lowest BCUT2D eigenvalue weighted by Gasteiger charge is -2.15. The molecule has 0 amide bonds. The zero-order chi connectivity index (χ0) is 35.2. The molecule has 8 aromatic rings. The zero-order valence-corrected chi connectivity index (χ0v) is 28.5. The van der Waals surface area contributed by atoms with Gasteiger partial charge in [0, 0.05) is 16.1 Å². The van der Waals surface area contributed by atoms with Crippen molar-refractivity contribution in [3.8, 4) is 22.8 Å². The van der Waals surface area contributed by atoms with Crippen LogP contribution in [0.25, 0.3) is 55.4 Å². The van der Waals surface area contributed by atoms with Gasteiger partial charge in [-0.25, -0.2) is 9.97 Å². The van der Waals surface area contributed by atoms with E-state index >= 15 is 0 Å². The third kappa shape index (κ3) is 7.22. The third-order valence-corrected chi connectivity index (χ3v) is 8.43. The van der Waals surface area contributed by atoms with Crippen molar-refractivity contribution in [3.05, 3.63) is 177 Å². The molecule has 9 heteroatoms. The Kier molecular flexibility index (Phi) is 9.85. The van der Waals surface area contributed by atoms with Crippen LogP contribution in [0, 0.1) is 0 Å². The van der Waals surface area contributed by atoms with Crippen LogP contribution >= 0.6 is 11.6 Å². The Morgan fingerprint density at radius 3 is 1.94 bits per heavy atom. The van der Waals surface area contributed by atoms with Crippen molar-refractivity contribution in [2.24, 2.45) is 0 Å². The van der Waals surface area contributed by atoms with E-state index in [9.17, 15) is 9.59 Å². The summed E-state index contributed by atoms with van der Waals surface area (Å²) in [7, 11) is 0. The van der Waals surface area contributed by atoms with E-state index in [0.717, 1.165) is 33.9 Å². The predicted molar refractivity (Wildman–Crippen MR) is 204 cm³/mol. The highest BCUT2D eigenvalue weighted by Crippen LogP contribution is 2.24. The summed E-state index contributed by atoms with van der Waals surface area (Å²) >= 11 is 6.01. The quantitative estimate of drug-likeness (QED) is 0.159. The number of rotatable bonds is 8. The molecule has 0 unspecified atom stereocenters. The minimum Gasteiger partial charge on any atom is -0.409 e. The maximum Gasteiger partial charge on any atom is 0.294 e. The van der Waals surface area contributed by atoms with Crippen LogP contribution in [0.3, 0.4) is 0 Å². The van der Waals surface area contributed by atoms with Gasteiger partial charge in [-0.05, 0) is 59.2 Å². The standard InChI is InChI=1S/C25H18N2O2.C17H15ClN2O2/c28-25-22-12-6-7-13-23(22)26-24(27(25)29-17-18-8-2-1-3-9-18)21-15-14-19-10-4-5-11-20(19)16-21;1-2-10-22-20-16(12-6-4-3-5-7-12)19-15-11-13(18)8-9-14(15)17(20)21/h1-16H,17H2;3-9,11H,2,10H2,1H3. The molecule has 0 N–H and O–H groups in total. The Morgan fingerprint density at radius 2 is 1.18 bits per heavy atom. The largest absolute Gasteiger partial charge is 0.409 e. The van der Waals surface area contributed by atoms with Gasteiger partial charge in [-0.2, -0.15) is 0 Å². The van der Waals surface area contributed by atoms with E-state index < -0.39 is 0 Å². The van der Waals surface area contributed by atoms with Crippen molar-refractivity contribution in [1.82, 2.24) is 19.4 Å². The molecule has 252 valence electrons. The van der Waals surface area contributed by atoms with Crippen LogP contribution in [0.2, 0.25) is 5.02 Å². The van der Waals surface area contributed by atoms with Gasteiger partial charge in [0.1, 0.15) is 13.2 Å². The zero-order valence-electron chi connectivity index (χ0n) is 27.8. The molecule has 0 bridgehead atoms. The molecule has 2 heterocycles. The van der Waals surface area contributed by atoms with E-state index in [1.54, 1.807) is 24.3 Å². The van der Waals surface area contributed by atoms with E-state index in [2.05, 4.69) is 11.1 Å². The van der Waals surface area contributed by atoms with Gasteiger partial charge < -0.3 is 9.68 Å². The molecule has 0 saturated heterocycles. The first-order valence-electron chi connectivity index (χ1n) is 16.6. The highest BCUT2D eigenvalue weighted by atomic mass is 35.5. The van der Waals surface area contributed by atoms with Crippen LogP contribution in [0.15, 0.2) is 155 Å². The average molecular weight is 693 g/mol. The Bertz CT molecular complexity index is 2590. The first-order chi connectivity index (χ1) is 25.0. The first kappa shape index (κ1) is 33.3. The lowest BCUT2D eigenvalue weighted by molar-refractivity contribution is 0.0921. The first-order valence-corrected chi connectivity index (χ1v) is 17.0. The fourth-order valence-corrected chi connectivity index (χ4v) is 5.84. The molecule has 51 heavy (non-hydrogen) atoms. The molecule has 0 atom stereocenters. The highest BCUT2D eigenvalue weighted by Gasteiger charge is 2.16. The monoisotopic (exact) mass is 692 g/mol. The Morgan fingerprint density at radius 1 is 0.569 bits per heavy atom. The number of hydrogen-bond acceptors (Lipinski definition) is 6. The molecule has 6 aromatic carbocycles. The lowest BCUT2D eigenvalue weighted by Crippen LogP contribution is -2.30. The van der Waals surface area contributed by atoms with Crippen LogP contribution in [-0.4, -0.2) is 26.0 Å². The molecule has 0 aliphatic rings. The number of benzene rings is 6. The molecule has 0 aliphatic carbocycles. The molecule has 2 aromatic heterocycles. The second-order valence-electron chi connectivity index (χ2n) is 11.8. The van der Waals surface area contributed by atoms with Gasteiger partial charge in [-0.3, -0.25) is 9.59 Å². The summed E-state index contributed by atoms with van der Waals surface area (Å²) < 4.78 is 2.59. The molecule has 8 rings (SSSR count). The third-order valence-electron chi connectivity index (χ3n) is 8.20. The van der Waals surface area contributed by atoms with Gasteiger partial charge in [0.15, 0.2) is 11.6 Å². The van der Waals surface area contributed by atoms with Crippen molar-refractivity contribution in [3.63, 3.8) is 0 Å². The molecule has 0 spiro atoms. The van der Waals surface area contributed by atoms with Crippen LogP contribution in [0.1, 0.15) is 18.9 Å². The Hall–Kier alpha value is -6.25. The average Bonchev–Trinajstić information content (AvgIpc) is 3.18. The molecule has 0 radical (unpaired) electrons. The summed E-state index contributed by atoms with van der Waals surface area (Å²) in [5.41, 5.74) is 3.41. The fourth-order valence-electron chi connectivity index (χ4n) is 5.67. The molecule has 0 saturated carbocycles. The highest BCUT2D eigenvalue weighted by molar-refractivity contribution is 6.31. The predicted octanol–water partition coefficient (Wildman–Crippen LogP) is 8.40. The molecule has 8 nitrogen and oxygen atoms in total. The van der Waals surface area contributed by atoms with Gasteiger partial charge in [-0.15, -0.1) is 9.46 Å². The van der Waals surface area contributed by atoms with Crippen LogP contribution < -0.4 is 20.8 Å². The van der Waals surface area contributed by atoms with E-state index in [1.165, 1.54) is 9.46 Å². The molecular weight excluding hydrogens is 660 g/mol. The molecular formula is C42H33ClN4O4. The normalized spacial score (nSPS) is 10.9.